The van der Waals surface area contributed by atoms with E-state index in [-0.39, 0.29) is 12.5 Å². The van der Waals surface area contributed by atoms with E-state index < -0.39 is 5.97 Å². The molecule has 4 aromatic rings. The van der Waals surface area contributed by atoms with Gasteiger partial charge in [-0.15, -0.1) is 11.3 Å². The number of hydrogen-bond acceptors (Lipinski definition) is 5. The second-order valence-electron chi connectivity index (χ2n) is 7.78. The first-order valence-corrected chi connectivity index (χ1v) is 11.8. The zero-order chi connectivity index (χ0) is 23.5. The second kappa shape index (κ2) is 9.55. The molecule has 0 spiro atoms. The molecular weight excluding hydrogens is 432 g/mol. The van der Waals surface area contributed by atoms with Crippen molar-refractivity contribution in [2.75, 3.05) is 11.9 Å². The molecule has 0 saturated carbocycles. The first kappa shape index (κ1) is 22.7. The zero-order valence-corrected chi connectivity index (χ0v) is 20.0. The molecule has 4 rings (SSSR count). The molecular formula is C27H26N2O3S. The van der Waals surface area contributed by atoms with Crippen LogP contribution < -0.4 is 5.32 Å². The molecule has 0 aliphatic heterocycles. The molecule has 0 unspecified atom stereocenters. The highest BCUT2D eigenvalue weighted by Gasteiger charge is 2.23. The number of anilines is 1. The van der Waals surface area contributed by atoms with E-state index in [9.17, 15) is 9.59 Å². The molecule has 2 aromatic carbocycles. The van der Waals surface area contributed by atoms with Gasteiger partial charge < -0.3 is 10.1 Å². The topological polar surface area (TPSA) is 68.3 Å². The second-order valence-corrected chi connectivity index (χ2v) is 9.01. The Morgan fingerprint density at radius 3 is 2.45 bits per heavy atom. The molecule has 168 valence electrons. The van der Waals surface area contributed by atoms with Crippen molar-refractivity contribution in [2.24, 2.45) is 0 Å². The first-order valence-electron chi connectivity index (χ1n) is 11.0. The fourth-order valence-electron chi connectivity index (χ4n) is 3.76. The number of aromatic nitrogens is 1. The maximum absolute atomic E-state index is 13.5. The molecule has 0 fully saturated rings. The van der Waals surface area contributed by atoms with Crippen LogP contribution in [0.5, 0.6) is 0 Å². The Morgan fingerprint density at radius 2 is 1.76 bits per heavy atom. The summed E-state index contributed by atoms with van der Waals surface area (Å²) in [5.74, 6) is -0.710. The van der Waals surface area contributed by atoms with Gasteiger partial charge in [0.05, 0.1) is 28.9 Å². The number of fused-ring (bicyclic) bond motifs is 1. The van der Waals surface area contributed by atoms with Crippen LogP contribution in [0.15, 0.2) is 54.6 Å². The van der Waals surface area contributed by atoms with E-state index in [0.29, 0.717) is 16.1 Å². The van der Waals surface area contributed by atoms with Gasteiger partial charge in [0, 0.05) is 15.8 Å². The van der Waals surface area contributed by atoms with Gasteiger partial charge in [0.2, 0.25) is 0 Å². The van der Waals surface area contributed by atoms with Gasteiger partial charge in [-0.1, -0.05) is 49.4 Å². The van der Waals surface area contributed by atoms with Crippen LogP contribution in [0.25, 0.3) is 22.2 Å². The molecule has 2 heterocycles. The van der Waals surface area contributed by atoms with Crippen molar-refractivity contribution in [3.63, 3.8) is 0 Å². The van der Waals surface area contributed by atoms with E-state index in [1.165, 1.54) is 16.9 Å². The molecule has 5 nitrogen and oxygen atoms in total. The predicted molar refractivity (Wildman–Crippen MR) is 134 cm³/mol. The number of thiophene rings is 1. The average Bonchev–Trinajstić information content (AvgIpc) is 3.11. The van der Waals surface area contributed by atoms with Gasteiger partial charge in [-0.05, 0) is 50.5 Å². The lowest BCUT2D eigenvalue weighted by molar-refractivity contribution is 0.0527. The number of para-hydroxylation sites is 1. The Kier molecular flexibility index (Phi) is 6.56. The predicted octanol–water partition coefficient (Wildman–Crippen LogP) is 6.57. The number of ether oxygens (including phenoxy) is 1. The SMILES string of the molecule is CCOC(=O)c1c(NC(=O)c2cc(-c3ccc(CC)cc3)nc3ccccc23)sc(C)c1C. The van der Waals surface area contributed by atoms with Crippen LogP contribution in [0.4, 0.5) is 5.00 Å². The van der Waals surface area contributed by atoms with Crippen LogP contribution in [0.3, 0.4) is 0 Å². The maximum Gasteiger partial charge on any atom is 0.341 e. The highest BCUT2D eigenvalue weighted by molar-refractivity contribution is 7.16. The number of rotatable bonds is 6. The molecule has 6 heteroatoms. The molecule has 0 bridgehead atoms. The van der Waals surface area contributed by atoms with Crippen molar-refractivity contribution in [3.8, 4) is 11.3 Å². The van der Waals surface area contributed by atoms with Crippen molar-refractivity contribution >= 4 is 39.1 Å². The van der Waals surface area contributed by atoms with E-state index in [2.05, 4.69) is 24.4 Å². The average molecular weight is 459 g/mol. The summed E-state index contributed by atoms with van der Waals surface area (Å²) in [7, 11) is 0. The highest BCUT2D eigenvalue weighted by atomic mass is 32.1. The zero-order valence-electron chi connectivity index (χ0n) is 19.2. The van der Waals surface area contributed by atoms with Gasteiger partial charge in [-0.3, -0.25) is 4.79 Å². The minimum Gasteiger partial charge on any atom is -0.462 e. The van der Waals surface area contributed by atoms with Crippen LogP contribution in [0.1, 0.15) is 50.6 Å². The summed E-state index contributed by atoms with van der Waals surface area (Å²) in [5.41, 5.74) is 5.41. The molecule has 0 saturated heterocycles. The third kappa shape index (κ3) is 4.52. The van der Waals surface area contributed by atoms with Gasteiger partial charge in [-0.2, -0.15) is 0 Å². The molecule has 1 N–H and O–H groups in total. The molecule has 2 aromatic heterocycles. The summed E-state index contributed by atoms with van der Waals surface area (Å²) in [4.78, 5) is 31.8. The Morgan fingerprint density at radius 1 is 1.03 bits per heavy atom. The van der Waals surface area contributed by atoms with Crippen molar-refractivity contribution < 1.29 is 14.3 Å². The summed E-state index contributed by atoms with van der Waals surface area (Å²) < 4.78 is 5.22. The fraction of sp³-hybridized carbons (Fsp3) is 0.222. The van der Waals surface area contributed by atoms with E-state index in [0.717, 1.165) is 39.0 Å². The number of pyridine rings is 1. The standard InChI is InChI=1S/C27H26N2O3S/c1-5-18-11-13-19(14-12-18)23-15-21(20-9-7-8-10-22(20)28-23)25(30)29-26-24(27(31)32-6-2)16(3)17(4)33-26/h7-15H,5-6H2,1-4H3,(H,29,30). The Labute approximate surface area is 197 Å². The number of carbonyl (C=O) groups is 2. The fourth-order valence-corrected chi connectivity index (χ4v) is 4.80. The number of esters is 1. The lowest BCUT2D eigenvalue weighted by Gasteiger charge is -2.11. The van der Waals surface area contributed by atoms with Gasteiger partial charge in [-0.25, -0.2) is 9.78 Å². The summed E-state index contributed by atoms with van der Waals surface area (Å²) in [6.07, 6.45) is 0.960. The van der Waals surface area contributed by atoms with Crippen molar-refractivity contribution in [2.45, 2.75) is 34.1 Å². The van der Waals surface area contributed by atoms with Crippen LogP contribution in [-0.4, -0.2) is 23.5 Å². The van der Waals surface area contributed by atoms with Crippen LogP contribution in [0.2, 0.25) is 0 Å². The van der Waals surface area contributed by atoms with E-state index in [1.807, 2.05) is 56.3 Å². The quantitative estimate of drug-likeness (QED) is 0.332. The van der Waals surface area contributed by atoms with E-state index in [4.69, 9.17) is 9.72 Å². The van der Waals surface area contributed by atoms with Crippen molar-refractivity contribution in [1.82, 2.24) is 4.98 Å². The van der Waals surface area contributed by atoms with Gasteiger partial charge in [0.1, 0.15) is 5.00 Å². The van der Waals surface area contributed by atoms with Crippen LogP contribution >= 0.6 is 11.3 Å². The number of amides is 1. The van der Waals surface area contributed by atoms with Crippen LogP contribution in [-0.2, 0) is 11.2 Å². The number of benzene rings is 2. The Hall–Kier alpha value is -3.51. The molecule has 1 amide bonds. The smallest absolute Gasteiger partial charge is 0.341 e. The monoisotopic (exact) mass is 458 g/mol. The Balaban J connectivity index is 1.77. The summed E-state index contributed by atoms with van der Waals surface area (Å²) in [5, 5.41) is 4.23. The van der Waals surface area contributed by atoms with E-state index in [1.54, 1.807) is 6.92 Å². The third-order valence-electron chi connectivity index (χ3n) is 5.71. The van der Waals surface area contributed by atoms with Crippen LogP contribution in [0, 0.1) is 13.8 Å². The number of carbonyl (C=O) groups excluding carboxylic acids is 2. The lowest BCUT2D eigenvalue weighted by atomic mass is 10.0. The highest BCUT2D eigenvalue weighted by Crippen LogP contribution is 2.34. The van der Waals surface area contributed by atoms with Gasteiger partial charge in [0.25, 0.3) is 5.91 Å². The molecule has 0 aliphatic carbocycles. The minimum atomic E-state index is -0.425. The summed E-state index contributed by atoms with van der Waals surface area (Å²) >= 11 is 1.38. The molecule has 0 aliphatic rings. The minimum absolute atomic E-state index is 0.274. The molecule has 0 radical (unpaired) electrons. The molecule has 0 atom stereocenters. The van der Waals surface area contributed by atoms with E-state index >= 15 is 0 Å². The van der Waals surface area contributed by atoms with Gasteiger partial charge in [0.15, 0.2) is 0 Å². The normalized spacial score (nSPS) is 10.9. The summed E-state index contributed by atoms with van der Waals surface area (Å²) in [6, 6.07) is 17.6. The van der Waals surface area contributed by atoms with Gasteiger partial charge >= 0.3 is 5.97 Å². The number of nitrogens with one attached hydrogen (secondary N) is 1. The number of hydrogen-bond donors (Lipinski definition) is 1. The van der Waals surface area contributed by atoms with Crippen molar-refractivity contribution in [3.05, 3.63) is 81.7 Å². The number of nitrogens with zero attached hydrogens (tertiary/aromatic N) is 1. The maximum atomic E-state index is 13.5. The number of aryl methyl sites for hydroxylation is 2. The third-order valence-corrected chi connectivity index (χ3v) is 6.83. The largest absolute Gasteiger partial charge is 0.462 e. The lowest BCUT2D eigenvalue weighted by Crippen LogP contribution is -2.15. The van der Waals surface area contributed by atoms with Crippen molar-refractivity contribution in [1.29, 1.82) is 0 Å². The molecule has 33 heavy (non-hydrogen) atoms. The summed E-state index contributed by atoms with van der Waals surface area (Å²) in [6.45, 7) is 7.95. The first-order chi connectivity index (χ1) is 15.9. The Bertz CT molecular complexity index is 1340.